The minimum absolute atomic E-state index is 0.0190. The van der Waals surface area contributed by atoms with Crippen LogP contribution in [0.15, 0.2) is 30.3 Å². The van der Waals surface area contributed by atoms with Crippen molar-refractivity contribution in [3.63, 3.8) is 0 Å². The Labute approximate surface area is 113 Å². The van der Waals surface area contributed by atoms with Gasteiger partial charge in [-0.25, -0.2) is 0 Å². The molecule has 0 aliphatic carbocycles. The standard InChI is InChI=1S/C15H20N2O2/c1-2-8-17(11-12-6-4-3-5-7-12)15(19)13-9-14(18)16-10-13/h3-7,13H,2,8-11H2,1H3,(H,16,18). The molecule has 102 valence electrons. The van der Waals surface area contributed by atoms with Gasteiger partial charge in [0, 0.05) is 26.1 Å². The van der Waals surface area contributed by atoms with Gasteiger partial charge in [-0.15, -0.1) is 0 Å². The second kappa shape index (κ2) is 6.36. The molecule has 1 fully saturated rings. The number of hydrogen-bond acceptors (Lipinski definition) is 2. The molecule has 0 aromatic heterocycles. The molecule has 1 saturated heterocycles. The molecule has 0 bridgehead atoms. The summed E-state index contributed by atoms with van der Waals surface area (Å²) in [4.78, 5) is 25.5. The Balaban J connectivity index is 2.02. The molecule has 1 aromatic rings. The van der Waals surface area contributed by atoms with Crippen LogP contribution in [-0.4, -0.2) is 29.8 Å². The lowest BCUT2D eigenvalue weighted by Gasteiger charge is -2.24. The molecule has 1 atom stereocenters. The van der Waals surface area contributed by atoms with E-state index in [1.807, 2.05) is 35.2 Å². The average molecular weight is 260 g/mol. The van der Waals surface area contributed by atoms with Crippen molar-refractivity contribution >= 4 is 11.8 Å². The van der Waals surface area contributed by atoms with E-state index < -0.39 is 0 Å². The number of nitrogens with one attached hydrogen (secondary N) is 1. The van der Waals surface area contributed by atoms with E-state index in [1.165, 1.54) is 0 Å². The molecule has 0 saturated carbocycles. The van der Waals surface area contributed by atoms with Crippen LogP contribution in [0.3, 0.4) is 0 Å². The van der Waals surface area contributed by atoms with Crippen LogP contribution in [0.2, 0.25) is 0 Å². The smallest absolute Gasteiger partial charge is 0.228 e. The highest BCUT2D eigenvalue weighted by Crippen LogP contribution is 2.15. The molecule has 4 nitrogen and oxygen atoms in total. The van der Waals surface area contributed by atoms with E-state index in [1.54, 1.807) is 0 Å². The zero-order chi connectivity index (χ0) is 13.7. The van der Waals surface area contributed by atoms with Gasteiger partial charge in [0.2, 0.25) is 11.8 Å². The lowest BCUT2D eigenvalue weighted by Crippen LogP contribution is -2.37. The molecular formula is C15H20N2O2. The van der Waals surface area contributed by atoms with Gasteiger partial charge in [-0.05, 0) is 12.0 Å². The quantitative estimate of drug-likeness (QED) is 0.873. The molecule has 1 aliphatic rings. The van der Waals surface area contributed by atoms with Crippen molar-refractivity contribution in [2.45, 2.75) is 26.3 Å². The number of carbonyl (C=O) groups excluding carboxylic acids is 2. The maximum absolute atomic E-state index is 12.4. The second-order valence-corrected chi connectivity index (χ2v) is 4.95. The number of carbonyl (C=O) groups is 2. The number of rotatable bonds is 5. The summed E-state index contributed by atoms with van der Waals surface area (Å²) in [6, 6.07) is 9.96. The van der Waals surface area contributed by atoms with Gasteiger partial charge in [0.25, 0.3) is 0 Å². The van der Waals surface area contributed by atoms with Crippen LogP contribution >= 0.6 is 0 Å². The first-order chi connectivity index (χ1) is 9.20. The van der Waals surface area contributed by atoms with E-state index >= 15 is 0 Å². The number of hydrogen-bond donors (Lipinski definition) is 1. The van der Waals surface area contributed by atoms with Crippen LogP contribution in [0.1, 0.15) is 25.3 Å². The summed E-state index contributed by atoms with van der Waals surface area (Å²) in [6.07, 6.45) is 1.25. The third kappa shape index (κ3) is 3.56. The Hall–Kier alpha value is -1.84. The number of nitrogens with zero attached hydrogens (tertiary/aromatic N) is 1. The maximum atomic E-state index is 12.4. The summed E-state index contributed by atoms with van der Waals surface area (Å²) in [5.41, 5.74) is 1.13. The van der Waals surface area contributed by atoms with E-state index in [-0.39, 0.29) is 17.7 Å². The SMILES string of the molecule is CCCN(Cc1ccccc1)C(=O)C1CNC(=O)C1. The van der Waals surface area contributed by atoms with E-state index in [4.69, 9.17) is 0 Å². The molecular weight excluding hydrogens is 240 g/mol. The molecule has 0 spiro atoms. The van der Waals surface area contributed by atoms with Crippen LogP contribution in [0.5, 0.6) is 0 Å². The van der Waals surface area contributed by atoms with Gasteiger partial charge < -0.3 is 10.2 Å². The maximum Gasteiger partial charge on any atom is 0.228 e. The summed E-state index contributed by atoms with van der Waals surface area (Å²) in [6.45, 7) is 3.90. The summed E-state index contributed by atoms with van der Waals surface area (Å²) in [7, 11) is 0. The highest BCUT2D eigenvalue weighted by molar-refractivity contribution is 5.89. The van der Waals surface area contributed by atoms with Gasteiger partial charge in [-0.1, -0.05) is 37.3 Å². The molecule has 2 rings (SSSR count). The van der Waals surface area contributed by atoms with Gasteiger partial charge in [0.1, 0.15) is 0 Å². The zero-order valence-electron chi connectivity index (χ0n) is 11.3. The predicted molar refractivity (Wildman–Crippen MR) is 73.3 cm³/mol. The highest BCUT2D eigenvalue weighted by Gasteiger charge is 2.30. The topological polar surface area (TPSA) is 49.4 Å². The van der Waals surface area contributed by atoms with Crippen LogP contribution in [0.4, 0.5) is 0 Å². The van der Waals surface area contributed by atoms with Gasteiger partial charge in [-0.2, -0.15) is 0 Å². The first kappa shape index (κ1) is 13.6. The van der Waals surface area contributed by atoms with Crippen LogP contribution in [0.25, 0.3) is 0 Å². The Kier molecular flexibility index (Phi) is 4.55. The number of amides is 2. The molecule has 2 amide bonds. The lowest BCUT2D eigenvalue weighted by molar-refractivity contribution is -0.136. The van der Waals surface area contributed by atoms with Crippen molar-refractivity contribution in [2.24, 2.45) is 5.92 Å². The summed E-state index contributed by atoms with van der Waals surface area (Å²) >= 11 is 0. The van der Waals surface area contributed by atoms with Gasteiger partial charge in [-0.3, -0.25) is 9.59 Å². The molecule has 1 N–H and O–H groups in total. The first-order valence-corrected chi connectivity index (χ1v) is 6.80. The third-order valence-electron chi connectivity index (χ3n) is 3.35. The normalized spacial score (nSPS) is 18.2. The summed E-state index contributed by atoms with van der Waals surface area (Å²) < 4.78 is 0. The fraction of sp³-hybridized carbons (Fsp3) is 0.467. The molecule has 19 heavy (non-hydrogen) atoms. The van der Waals surface area contributed by atoms with Gasteiger partial charge in [0.15, 0.2) is 0 Å². The van der Waals surface area contributed by atoms with Crippen molar-refractivity contribution in [2.75, 3.05) is 13.1 Å². The van der Waals surface area contributed by atoms with Crippen molar-refractivity contribution in [3.05, 3.63) is 35.9 Å². The third-order valence-corrected chi connectivity index (χ3v) is 3.35. The Morgan fingerprint density at radius 1 is 1.37 bits per heavy atom. The lowest BCUT2D eigenvalue weighted by atomic mass is 10.1. The molecule has 1 heterocycles. The highest BCUT2D eigenvalue weighted by atomic mass is 16.2. The fourth-order valence-electron chi connectivity index (χ4n) is 2.38. The summed E-state index contributed by atoms with van der Waals surface area (Å²) in [5, 5.41) is 2.72. The molecule has 0 radical (unpaired) electrons. The number of benzene rings is 1. The predicted octanol–water partition coefficient (Wildman–Crippen LogP) is 1.56. The van der Waals surface area contributed by atoms with Crippen LogP contribution in [0, 0.1) is 5.92 Å². The van der Waals surface area contributed by atoms with E-state index in [0.717, 1.165) is 18.5 Å². The van der Waals surface area contributed by atoms with Crippen molar-refractivity contribution in [1.82, 2.24) is 10.2 Å². The molecule has 1 aliphatic heterocycles. The molecule has 4 heteroatoms. The average Bonchev–Trinajstić information content (AvgIpc) is 2.85. The van der Waals surface area contributed by atoms with Crippen molar-refractivity contribution in [1.29, 1.82) is 0 Å². The Bertz CT molecular complexity index is 445. The first-order valence-electron chi connectivity index (χ1n) is 6.80. The van der Waals surface area contributed by atoms with Gasteiger partial charge >= 0.3 is 0 Å². The van der Waals surface area contributed by atoms with E-state index in [2.05, 4.69) is 12.2 Å². The van der Waals surface area contributed by atoms with E-state index in [9.17, 15) is 9.59 Å². The van der Waals surface area contributed by atoms with Crippen molar-refractivity contribution in [3.8, 4) is 0 Å². The van der Waals surface area contributed by atoms with E-state index in [0.29, 0.717) is 19.5 Å². The minimum atomic E-state index is -0.192. The Morgan fingerprint density at radius 3 is 2.68 bits per heavy atom. The molecule has 1 aromatic carbocycles. The van der Waals surface area contributed by atoms with Crippen LogP contribution < -0.4 is 5.32 Å². The minimum Gasteiger partial charge on any atom is -0.355 e. The van der Waals surface area contributed by atoms with Crippen LogP contribution in [-0.2, 0) is 16.1 Å². The second-order valence-electron chi connectivity index (χ2n) is 4.95. The monoisotopic (exact) mass is 260 g/mol. The van der Waals surface area contributed by atoms with Crippen molar-refractivity contribution < 1.29 is 9.59 Å². The fourth-order valence-corrected chi connectivity index (χ4v) is 2.38. The zero-order valence-corrected chi connectivity index (χ0v) is 11.3. The van der Waals surface area contributed by atoms with Gasteiger partial charge in [0.05, 0.1) is 5.92 Å². The largest absolute Gasteiger partial charge is 0.355 e. The Morgan fingerprint density at radius 2 is 2.11 bits per heavy atom. The summed E-state index contributed by atoms with van der Waals surface area (Å²) in [5.74, 6) is -0.124. The molecule has 1 unspecified atom stereocenters.